The molecule has 0 aromatic heterocycles. The third-order valence-electron chi connectivity index (χ3n) is 5.12. The smallest absolute Gasteiger partial charge is 0.234 e. The molecule has 0 atom stereocenters. The Kier molecular flexibility index (Phi) is 7.68. The van der Waals surface area contributed by atoms with Crippen LogP contribution in [0.4, 0.5) is 15.8 Å². The lowest BCUT2D eigenvalue weighted by Gasteiger charge is -2.36. The maximum Gasteiger partial charge on any atom is 0.234 e. The average Bonchev–Trinajstić information content (AvgIpc) is 2.75. The Labute approximate surface area is 185 Å². The number of ketones is 1. The zero-order valence-electron chi connectivity index (χ0n) is 17.7. The minimum atomic E-state index is -0.428. The Hall–Kier alpha value is -2.87. The summed E-state index contributed by atoms with van der Waals surface area (Å²) >= 11 is 1.28. The maximum absolute atomic E-state index is 14.4. The van der Waals surface area contributed by atoms with E-state index in [1.54, 1.807) is 17.0 Å². The van der Waals surface area contributed by atoms with Crippen LogP contribution in [0, 0.1) is 12.7 Å². The van der Waals surface area contributed by atoms with Crippen molar-refractivity contribution >= 4 is 40.7 Å². The van der Waals surface area contributed by atoms with Gasteiger partial charge in [-0.15, -0.1) is 11.8 Å². The SMILES string of the molecule is CC(=O)c1ccc(N2CCN(C(=O)CSCC(=O)Nc3ccc(C)cc3)CC2)c(F)c1. The van der Waals surface area contributed by atoms with E-state index in [4.69, 9.17) is 0 Å². The molecule has 1 saturated heterocycles. The molecule has 0 spiro atoms. The highest BCUT2D eigenvalue weighted by Crippen LogP contribution is 2.22. The first-order chi connectivity index (χ1) is 14.8. The number of benzene rings is 2. The number of Topliss-reactive ketones (excluding diaryl/α,β-unsaturated/α-hetero) is 1. The molecule has 6 nitrogen and oxygen atoms in total. The number of nitrogens with zero attached hydrogens (tertiary/aromatic N) is 2. The molecule has 1 fully saturated rings. The van der Waals surface area contributed by atoms with Gasteiger partial charge in [-0.25, -0.2) is 4.39 Å². The number of thioether (sulfide) groups is 1. The van der Waals surface area contributed by atoms with Gasteiger partial charge in [0.25, 0.3) is 0 Å². The molecule has 0 aliphatic carbocycles. The van der Waals surface area contributed by atoms with Crippen molar-refractivity contribution < 1.29 is 18.8 Å². The average molecular weight is 444 g/mol. The largest absolute Gasteiger partial charge is 0.366 e. The minimum Gasteiger partial charge on any atom is -0.366 e. The molecule has 0 radical (unpaired) electrons. The Balaban J connectivity index is 1.41. The molecule has 2 amide bonds. The zero-order chi connectivity index (χ0) is 22.4. The van der Waals surface area contributed by atoms with E-state index >= 15 is 0 Å². The van der Waals surface area contributed by atoms with Crippen molar-refractivity contribution in [2.45, 2.75) is 13.8 Å². The summed E-state index contributed by atoms with van der Waals surface area (Å²) in [6.07, 6.45) is 0. The van der Waals surface area contributed by atoms with Crippen molar-refractivity contribution in [3.05, 3.63) is 59.4 Å². The Bertz CT molecular complexity index is 957. The third kappa shape index (κ3) is 6.30. The standard InChI is InChI=1S/C23H26FN3O3S/c1-16-3-6-19(7-4-16)25-22(29)14-31-15-23(30)27-11-9-26(10-12-27)21-8-5-18(17(2)28)13-20(21)24/h3-8,13H,9-12,14-15H2,1-2H3,(H,25,29). The first-order valence-electron chi connectivity index (χ1n) is 10.1. The number of piperazine rings is 1. The van der Waals surface area contributed by atoms with Crippen molar-refractivity contribution in [3.8, 4) is 0 Å². The van der Waals surface area contributed by atoms with E-state index in [9.17, 15) is 18.8 Å². The van der Waals surface area contributed by atoms with E-state index < -0.39 is 5.82 Å². The highest BCUT2D eigenvalue weighted by atomic mass is 32.2. The van der Waals surface area contributed by atoms with Crippen molar-refractivity contribution in [1.82, 2.24) is 4.90 Å². The molecular weight excluding hydrogens is 417 g/mol. The Morgan fingerprint density at radius 3 is 2.29 bits per heavy atom. The lowest BCUT2D eigenvalue weighted by atomic mass is 10.1. The first-order valence-corrected chi connectivity index (χ1v) is 11.3. The summed E-state index contributed by atoms with van der Waals surface area (Å²) in [6, 6.07) is 12.0. The van der Waals surface area contributed by atoms with Crippen LogP contribution in [-0.4, -0.2) is 60.2 Å². The lowest BCUT2D eigenvalue weighted by molar-refractivity contribution is -0.128. The summed E-state index contributed by atoms with van der Waals surface area (Å²) < 4.78 is 14.4. The van der Waals surface area contributed by atoms with Gasteiger partial charge in [0.2, 0.25) is 11.8 Å². The quantitative estimate of drug-likeness (QED) is 0.665. The summed E-state index contributed by atoms with van der Waals surface area (Å²) in [5.74, 6) is -0.347. The van der Waals surface area contributed by atoms with E-state index in [-0.39, 0.29) is 29.1 Å². The molecule has 1 aliphatic rings. The summed E-state index contributed by atoms with van der Waals surface area (Å²) in [4.78, 5) is 39.5. The van der Waals surface area contributed by atoms with Crippen LogP contribution in [0.5, 0.6) is 0 Å². The van der Waals surface area contributed by atoms with Crippen molar-refractivity contribution in [2.24, 2.45) is 0 Å². The Morgan fingerprint density at radius 1 is 1.00 bits per heavy atom. The van der Waals surface area contributed by atoms with Gasteiger partial charge in [-0.1, -0.05) is 17.7 Å². The molecule has 2 aromatic rings. The van der Waals surface area contributed by atoms with Crippen molar-refractivity contribution in [2.75, 3.05) is 47.9 Å². The van der Waals surface area contributed by atoms with E-state index in [1.165, 1.54) is 24.8 Å². The number of carbonyl (C=O) groups excluding carboxylic acids is 3. The maximum atomic E-state index is 14.4. The Morgan fingerprint density at radius 2 is 1.68 bits per heavy atom. The molecule has 0 saturated carbocycles. The number of hydrogen-bond donors (Lipinski definition) is 1. The monoisotopic (exact) mass is 443 g/mol. The van der Waals surface area contributed by atoms with Gasteiger partial charge in [-0.3, -0.25) is 14.4 Å². The lowest BCUT2D eigenvalue weighted by Crippen LogP contribution is -2.49. The highest BCUT2D eigenvalue weighted by Gasteiger charge is 2.23. The molecule has 1 N–H and O–H groups in total. The van der Waals surface area contributed by atoms with Gasteiger partial charge in [0.15, 0.2) is 5.78 Å². The summed E-state index contributed by atoms with van der Waals surface area (Å²) in [7, 11) is 0. The first kappa shape index (κ1) is 22.8. The molecule has 31 heavy (non-hydrogen) atoms. The number of amides is 2. The summed E-state index contributed by atoms with van der Waals surface area (Å²) in [5.41, 5.74) is 2.65. The topological polar surface area (TPSA) is 69.7 Å². The summed E-state index contributed by atoms with van der Waals surface area (Å²) in [6.45, 7) is 5.39. The van der Waals surface area contributed by atoms with Gasteiger partial charge >= 0.3 is 0 Å². The van der Waals surface area contributed by atoms with Crippen molar-refractivity contribution in [1.29, 1.82) is 0 Å². The van der Waals surface area contributed by atoms with Crippen LogP contribution in [-0.2, 0) is 9.59 Å². The predicted octanol–water partition coefficient (Wildman–Crippen LogP) is 3.36. The van der Waals surface area contributed by atoms with Crippen LogP contribution < -0.4 is 10.2 Å². The van der Waals surface area contributed by atoms with E-state index in [0.29, 0.717) is 37.4 Å². The molecule has 2 aromatic carbocycles. The number of halogens is 1. The van der Waals surface area contributed by atoms with Crippen molar-refractivity contribution in [3.63, 3.8) is 0 Å². The van der Waals surface area contributed by atoms with Crippen LogP contribution in [0.1, 0.15) is 22.8 Å². The second-order valence-corrected chi connectivity index (χ2v) is 8.48. The van der Waals surface area contributed by atoms with Crippen LogP contribution in [0.25, 0.3) is 0 Å². The second-order valence-electron chi connectivity index (χ2n) is 7.50. The van der Waals surface area contributed by atoms with Gasteiger partial charge in [-0.2, -0.15) is 0 Å². The van der Waals surface area contributed by atoms with Gasteiger partial charge in [0, 0.05) is 37.4 Å². The molecule has 1 heterocycles. The third-order valence-corrected chi connectivity index (χ3v) is 6.04. The highest BCUT2D eigenvalue weighted by molar-refractivity contribution is 8.00. The number of rotatable bonds is 7. The zero-order valence-corrected chi connectivity index (χ0v) is 18.5. The van der Waals surface area contributed by atoms with E-state index in [0.717, 1.165) is 11.3 Å². The fourth-order valence-electron chi connectivity index (χ4n) is 3.34. The fourth-order valence-corrected chi connectivity index (χ4v) is 4.05. The van der Waals surface area contributed by atoms with Gasteiger partial charge in [-0.05, 0) is 44.2 Å². The molecule has 0 bridgehead atoms. The molecule has 1 aliphatic heterocycles. The number of anilines is 2. The fraction of sp³-hybridized carbons (Fsp3) is 0.348. The number of nitrogens with one attached hydrogen (secondary N) is 1. The number of aryl methyl sites for hydroxylation is 1. The van der Waals surface area contributed by atoms with Crippen LogP contribution in [0.15, 0.2) is 42.5 Å². The summed E-state index contributed by atoms with van der Waals surface area (Å²) in [5, 5.41) is 2.81. The van der Waals surface area contributed by atoms with E-state index in [1.807, 2.05) is 36.1 Å². The van der Waals surface area contributed by atoms with E-state index in [2.05, 4.69) is 5.32 Å². The van der Waals surface area contributed by atoms with Crippen LogP contribution in [0.2, 0.25) is 0 Å². The normalized spacial score (nSPS) is 13.8. The molecule has 0 unspecified atom stereocenters. The van der Waals surface area contributed by atoms with Gasteiger partial charge < -0.3 is 15.1 Å². The number of hydrogen-bond acceptors (Lipinski definition) is 5. The minimum absolute atomic E-state index is 0.0276. The van der Waals surface area contributed by atoms with Crippen LogP contribution in [0.3, 0.4) is 0 Å². The molecule has 3 rings (SSSR count). The predicted molar refractivity (Wildman–Crippen MR) is 122 cm³/mol. The van der Waals surface area contributed by atoms with Gasteiger partial charge in [0.05, 0.1) is 17.2 Å². The second kappa shape index (κ2) is 10.4. The van der Waals surface area contributed by atoms with Crippen LogP contribution >= 0.6 is 11.8 Å². The molecular formula is C23H26FN3O3S. The molecule has 8 heteroatoms. The number of carbonyl (C=O) groups is 3. The van der Waals surface area contributed by atoms with Gasteiger partial charge in [0.1, 0.15) is 5.82 Å². The molecule has 164 valence electrons.